The molecule has 0 aromatic rings. The first kappa shape index (κ1) is 14.9. The maximum Gasteiger partial charge on any atom is 0.171 e. The van der Waals surface area contributed by atoms with Crippen LogP contribution in [-0.4, -0.2) is 43.8 Å². The smallest absolute Gasteiger partial charge is 0.171 e. The lowest BCUT2D eigenvalue weighted by Crippen LogP contribution is -2.48. The molecule has 17 heavy (non-hydrogen) atoms. The van der Waals surface area contributed by atoms with Crippen LogP contribution in [0.5, 0.6) is 0 Å². The summed E-state index contributed by atoms with van der Waals surface area (Å²) in [6, 6.07) is 0.0808. The molecule has 4 heteroatoms. The number of rotatable bonds is 6. The van der Waals surface area contributed by atoms with Gasteiger partial charge in [0.15, 0.2) is 6.29 Å². The van der Waals surface area contributed by atoms with E-state index in [1.165, 1.54) is 12.8 Å². The van der Waals surface area contributed by atoms with Gasteiger partial charge in [-0.25, -0.2) is 0 Å². The number of hydrogen-bond donors (Lipinski definition) is 2. The van der Waals surface area contributed by atoms with Gasteiger partial charge in [-0.3, -0.25) is 0 Å². The van der Waals surface area contributed by atoms with E-state index in [0.717, 1.165) is 25.7 Å². The Morgan fingerprint density at radius 3 is 2.12 bits per heavy atom. The maximum absolute atomic E-state index is 10.5. The Bertz CT molecular complexity index is 199. The van der Waals surface area contributed by atoms with E-state index in [1.54, 1.807) is 14.2 Å². The van der Waals surface area contributed by atoms with Gasteiger partial charge in [0.25, 0.3) is 0 Å². The third kappa shape index (κ3) is 4.92. The van der Waals surface area contributed by atoms with Crippen LogP contribution in [0.3, 0.4) is 0 Å². The van der Waals surface area contributed by atoms with Crippen LogP contribution in [0.1, 0.15) is 45.4 Å². The Hall–Kier alpha value is -0.160. The number of aliphatic hydroxyl groups is 1. The van der Waals surface area contributed by atoms with E-state index in [0.29, 0.717) is 6.54 Å². The lowest BCUT2D eigenvalue weighted by atomic mass is 9.94. The Kier molecular flexibility index (Phi) is 6.41. The van der Waals surface area contributed by atoms with Gasteiger partial charge in [-0.1, -0.05) is 25.7 Å². The van der Waals surface area contributed by atoms with Gasteiger partial charge >= 0.3 is 0 Å². The molecule has 0 aromatic heterocycles. The first-order chi connectivity index (χ1) is 8.11. The highest BCUT2D eigenvalue weighted by Crippen LogP contribution is 2.26. The average Bonchev–Trinajstić information content (AvgIpc) is 2.54. The molecule has 4 nitrogen and oxygen atoms in total. The zero-order chi connectivity index (χ0) is 12.7. The van der Waals surface area contributed by atoms with Crippen molar-refractivity contribution in [3.63, 3.8) is 0 Å². The van der Waals surface area contributed by atoms with Crippen molar-refractivity contribution in [3.05, 3.63) is 0 Å². The Morgan fingerprint density at radius 1 is 1.12 bits per heavy atom. The molecule has 0 heterocycles. The van der Waals surface area contributed by atoms with Crippen LogP contribution in [0, 0.1) is 0 Å². The lowest BCUT2D eigenvalue weighted by molar-refractivity contribution is -0.122. The van der Waals surface area contributed by atoms with Crippen molar-refractivity contribution in [3.8, 4) is 0 Å². The summed E-state index contributed by atoms with van der Waals surface area (Å²) < 4.78 is 10.4. The fourth-order valence-electron chi connectivity index (χ4n) is 2.52. The van der Waals surface area contributed by atoms with Gasteiger partial charge in [-0.2, -0.15) is 0 Å². The van der Waals surface area contributed by atoms with Crippen molar-refractivity contribution >= 4 is 0 Å². The molecule has 0 amide bonds. The van der Waals surface area contributed by atoms with E-state index in [9.17, 15) is 5.11 Å². The predicted molar refractivity (Wildman–Crippen MR) is 67.9 cm³/mol. The van der Waals surface area contributed by atoms with Crippen LogP contribution < -0.4 is 5.32 Å². The predicted octanol–water partition coefficient (Wildman–Crippen LogP) is 1.67. The molecule has 0 aliphatic heterocycles. The summed E-state index contributed by atoms with van der Waals surface area (Å²) in [6.07, 6.45) is 6.29. The minimum atomic E-state index is -0.545. The monoisotopic (exact) mass is 245 g/mol. The summed E-state index contributed by atoms with van der Waals surface area (Å²) in [7, 11) is 3.26. The van der Waals surface area contributed by atoms with Crippen LogP contribution in [0.4, 0.5) is 0 Å². The van der Waals surface area contributed by atoms with Gasteiger partial charge < -0.3 is 19.9 Å². The zero-order valence-electron chi connectivity index (χ0n) is 11.4. The van der Waals surface area contributed by atoms with E-state index >= 15 is 0 Å². The third-order valence-electron chi connectivity index (χ3n) is 3.66. The normalized spacial score (nSPS) is 22.4. The minimum absolute atomic E-state index is 0.0808. The fourth-order valence-corrected chi connectivity index (χ4v) is 2.52. The summed E-state index contributed by atoms with van der Waals surface area (Å²) in [4.78, 5) is 0. The molecular weight excluding hydrogens is 218 g/mol. The topological polar surface area (TPSA) is 50.7 Å². The molecule has 1 fully saturated rings. The Balaban J connectivity index is 2.36. The first-order valence-electron chi connectivity index (χ1n) is 6.63. The highest BCUT2D eigenvalue weighted by atomic mass is 16.7. The molecule has 0 bridgehead atoms. The first-order valence-corrected chi connectivity index (χ1v) is 6.63. The van der Waals surface area contributed by atoms with Crippen LogP contribution in [-0.2, 0) is 9.47 Å². The molecule has 1 unspecified atom stereocenters. The van der Waals surface area contributed by atoms with Crippen LogP contribution in [0.25, 0.3) is 0 Å². The number of nitrogens with one attached hydrogen (secondary N) is 1. The summed E-state index contributed by atoms with van der Waals surface area (Å²) >= 11 is 0. The van der Waals surface area contributed by atoms with Crippen molar-refractivity contribution < 1.29 is 14.6 Å². The van der Waals surface area contributed by atoms with Gasteiger partial charge in [0.2, 0.25) is 0 Å². The Labute approximate surface area is 105 Å². The van der Waals surface area contributed by atoms with Gasteiger partial charge in [0.05, 0.1) is 11.6 Å². The standard InChI is InChI=1S/C13H27NO3/c1-11(12(16-2)17-3)14-10-13(15)8-6-4-5-7-9-13/h11-12,14-15H,4-10H2,1-3H3. The third-order valence-corrected chi connectivity index (χ3v) is 3.66. The number of methoxy groups -OCH3 is 2. The molecule has 102 valence electrons. The van der Waals surface area contributed by atoms with Gasteiger partial charge in [0.1, 0.15) is 0 Å². The Morgan fingerprint density at radius 2 is 1.65 bits per heavy atom. The molecule has 0 saturated heterocycles. The summed E-state index contributed by atoms with van der Waals surface area (Å²) in [6.45, 7) is 2.63. The highest BCUT2D eigenvalue weighted by Gasteiger charge is 2.29. The van der Waals surface area contributed by atoms with E-state index in [1.807, 2.05) is 6.92 Å². The van der Waals surface area contributed by atoms with Crippen molar-refractivity contribution in [1.82, 2.24) is 5.32 Å². The largest absolute Gasteiger partial charge is 0.389 e. The molecule has 1 rings (SSSR count). The van der Waals surface area contributed by atoms with E-state index < -0.39 is 5.60 Å². The zero-order valence-corrected chi connectivity index (χ0v) is 11.4. The molecule has 1 aliphatic carbocycles. The number of ether oxygens (including phenoxy) is 2. The van der Waals surface area contributed by atoms with Crippen LogP contribution >= 0.6 is 0 Å². The molecule has 0 aromatic carbocycles. The molecule has 1 saturated carbocycles. The van der Waals surface area contributed by atoms with E-state index in [-0.39, 0.29) is 12.3 Å². The molecule has 0 spiro atoms. The van der Waals surface area contributed by atoms with Crippen LogP contribution in [0.15, 0.2) is 0 Å². The van der Waals surface area contributed by atoms with E-state index in [2.05, 4.69) is 5.32 Å². The lowest BCUT2D eigenvalue weighted by Gasteiger charge is -2.30. The van der Waals surface area contributed by atoms with Gasteiger partial charge in [-0.05, 0) is 19.8 Å². The van der Waals surface area contributed by atoms with Crippen molar-refractivity contribution in [2.24, 2.45) is 0 Å². The van der Waals surface area contributed by atoms with Crippen molar-refractivity contribution in [1.29, 1.82) is 0 Å². The fraction of sp³-hybridized carbons (Fsp3) is 1.00. The summed E-state index contributed by atoms with van der Waals surface area (Å²) in [5.41, 5.74) is -0.545. The SMILES string of the molecule is COC(OC)C(C)NCC1(O)CCCCCC1. The van der Waals surface area contributed by atoms with E-state index in [4.69, 9.17) is 9.47 Å². The molecular formula is C13H27NO3. The van der Waals surface area contributed by atoms with Crippen molar-refractivity contribution in [2.75, 3.05) is 20.8 Å². The highest BCUT2D eigenvalue weighted by molar-refractivity contribution is 4.84. The maximum atomic E-state index is 10.5. The second-order valence-corrected chi connectivity index (χ2v) is 5.15. The van der Waals surface area contributed by atoms with Gasteiger partial charge in [-0.15, -0.1) is 0 Å². The molecule has 1 aliphatic rings. The average molecular weight is 245 g/mol. The second kappa shape index (κ2) is 7.31. The van der Waals surface area contributed by atoms with Crippen LogP contribution in [0.2, 0.25) is 0 Å². The van der Waals surface area contributed by atoms with Gasteiger partial charge in [0, 0.05) is 20.8 Å². The second-order valence-electron chi connectivity index (χ2n) is 5.15. The van der Waals surface area contributed by atoms with Crippen molar-refractivity contribution in [2.45, 2.75) is 63.4 Å². The summed E-state index contributed by atoms with van der Waals surface area (Å²) in [5.74, 6) is 0. The quantitative estimate of drug-likeness (QED) is 0.552. The summed E-state index contributed by atoms with van der Waals surface area (Å²) in [5, 5.41) is 13.8. The molecule has 0 radical (unpaired) electrons. The molecule has 1 atom stereocenters. The number of hydrogen-bond acceptors (Lipinski definition) is 4. The molecule has 2 N–H and O–H groups in total. The minimum Gasteiger partial charge on any atom is -0.389 e.